The maximum absolute atomic E-state index is 5.69. The summed E-state index contributed by atoms with van der Waals surface area (Å²) in [6.45, 7) is 2.91. The zero-order chi connectivity index (χ0) is 16.8. The zero-order valence-electron chi connectivity index (χ0n) is 14.6. The van der Waals surface area contributed by atoms with Crippen molar-refractivity contribution in [3.63, 3.8) is 0 Å². The van der Waals surface area contributed by atoms with Gasteiger partial charge in [0.25, 0.3) is 0 Å². The first-order valence-electron chi connectivity index (χ1n) is 8.73. The number of methoxy groups -OCH3 is 1. The molecule has 0 aliphatic carbocycles. The van der Waals surface area contributed by atoms with Gasteiger partial charge in [0.15, 0.2) is 0 Å². The summed E-state index contributed by atoms with van der Waals surface area (Å²) in [6, 6.07) is 8.08. The summed E-state index contributed by atoms with van der Waals surface area (Å²) in [5.74, 6) is 0.867. The number of hydrogen-bond acceptors (Lipinski definition) is 4. The Labute approximate surface area is 144 Å². The molecule has 0 saturated carbocycles. The zero-order valence-corrected chi connectivity index (χ0v) is 14.6. The molecule has 1 saturated heterocycles. The van der Waals surface area contributed by atoms with Crippen molar-refractivity contribution in [1.82, 2.24) is 15.1 Å². The molecule has 1 aromatic heterocycles. The Hall–Kier alpha value is -1.85. The molecule has 1 N–H and O–H groups in total. The number of benzene rings is 1. The molecule has 0 bridgehead atoms. The van der Waals surface area contributed by atoms with Gasteiger partial charge in [0.2, 0.25) is 0 Å². The number of ether oxygens (including phenoxy) is 2. The minimum atomic E-state index is 0.488. The second-order valence-electron chi connectivity index (χ2n) is 6.51. The van der Waals surface area contributed by atoms with Crippen LogP contribution in [-0.4, -0.2) is 48.5 Å². The van der Waals surface area contributed by atoms with E-state index in [-0.39, 0.29) is 0 Å². The van der Waals surface area contributed by atoms with Gasteiger partial charge < -0.3 is 14.4 Å². The molecule has 2 aromatic rings. The first kappa shape index (κ1) is 17.0. The van der Waals surface area contributed by atoms with E-state index >= 15 is 0 Å². The Kier molecular flexibility index (Phi) is 5.88. The first-order valence-corrected chi connectivity index (χ1v) is 8.73. The summed E-state index contributed by atoms with van der Waals surface area (Å²) < 4.78 is 10.9. The maximum Gasteiger partial charge on any atom is 0.118 e. The van der Waals surface area contributed by atoms with Crippen LogP contribution >= 0.6 is 0 Å². The van der Waals surface area contributed by atoms with Crippen LogP contribution in [0.4, 0.5) is 0 Å². The van der Waals surface area contributed by atoms with Gasteiger partial charge in [0.1, 0.15) is 5.75 Å². The van der Waals surface area contributed by atoms with E-state index in [1.807, 2.05) is 18.3 Å². The van der Waals surface area contributed by atoms with E-state index in [1.165, 1.54) is 31.2 Å². The topological polar surface area (TPSA) is 50.4 Å². The first-order chi connectivity index (χ1) is 11.8. The highest BCUT2D eigenvalue weighted by atomic mass is 16.5. The number of aromatic amines is 1. The molecule has 130 valence electrons. The molecule has 1 fully saturated rings. The van der Waals surface area contributed by atoms with Gasteiger partial charge in [0.05, 0.1) is 25.1 Å². The summed E-state index contributed by atoms with van der Waals surface area (Å²) >= 11 is 0. The Morgan fingerprint density at radius 3 is 2.88 bits per heavy atom. The van der Waals surface area contributed by atoms with Gasteiger partial charge in [0, 0.05) is 24.3 Å². The Balaban J connectivity index is 1.54. The molecular formula is C19H27N3O2. The summed E-state index contributed by atoms with van der Waals surface area (Å²) in [5, 5.41) is 7.36. The molecule has 0 spiro atoms. The molecule has 1 aromatic carbocycles. The quantitative estimate of drug-likeness (QED) is 0.805. The van der Waals surface area contributed by atoms with Crippen LogP contribution in [0.1, 0.15) is 31.2 Å². The van der Waals surface area contributed by atoms with Crippen LogP contribution < -0.4 is 4.74 Å². The van der Waals surface area contributed by atoms with Crippen molar-refractivity contribution in [1.29, 1.82) is 0 Å². The molecule has 2 heterocycles. The van der Waals surface area contributed by atoms with Gasteiger partial charge in [-0.1, -0.05) is 0 Å². The fraction of sp³-hybridized carbons (Fsp3) is 0.526. The molecule has 1 aliphatic rings. The van der Waals surface area contributed by atoms with E-state index in [2.05, 4.69) is 34.3 Å². The highest BCUT2D eigenvalue weighted by Gasteiger charge is 2.15. The predicted molar refractivity (Wildman–Crippen MR) is 95.1 cm³/mol. The molecule has 0 radical (unpaired) electrons. The van der Waals surface area contributed by atoms with Crippen LogP contribution in [0.15, 0.2) is 30.5 Å². The molecule has 1 atom stereocenters. The number of H-pyrrole nitrogens is 1. The molecule has 3 rings (SSSR count). The normalized spacial score (nSPS) is 17.5. The van der Waals surface area contributed by atoms with Crippen molar-refractivity contribution in [2.75, 3.05) is 27.3 Å². The van der Waals surface area contributed by atoms with Gasteiger partial charge in [-0.15, -0.1) is 0 Å². The highest BCUT2D eigenvalue weighted by Crippen LogP contribution is 2.24. The van der Waals surface area contributed by atoms with Gasteiger partial charge in [-0.25, -0.2) is 0 Å². The van der Waals surface area contributed by atoms with Crippen LogP contribution in [0.5, 0.6) is 5.75 Å². The number of hydrogen-bond donors (Lipinski definition) is 1. The smallest absolute Gasteiger partial charge is 0.118 e. The lowest BCUT2D eigenvalue weighted by atomic mass is 10.1. The molecule has 0 amide bonds. The highest BCUT2D eigenvalue weighted by molar-refractivity contribution is 5.63. The van der Waals surface area contributed by atoms with Crippen molar-refractivity contribution in [3.8, 4) is 17.0 Å². The fourth-order valence-electron chi connectivity index (χ4n) is 3.27. The third-order valence-electron chi connectivity index (χ3n) is 4.63. The molecule has 1 unspecified atom stereocenters. The average molecular weight is 329 g/mol. The SMILES string of the molecule is COc1ccc(-c2[nH]ncc2CN(C)CCCC2CCCO2)cc1. The van der Waals surface area contributed by atoms with Crippen LogP contribution in [0, 0.1) is 0 Å². The third kappa shape index (κ3) is 4.36. The summed E-state index contributed by atoms with van der Waals surface area (Å²) in [6.07, 6.45) is 7.21. The van der Waals surface area contributed by atoms with E-state index < -0.39 is 0 Å². The number of aromatic nitrogens is 2. The molecule has 24 heavy (non-hydrogen) atoms. The number of nitrogens with zero attached hydrogens (tertiary/aromatic N) is 2. The van der Waals surface area contributed by atoms with Crippen LogP contribution in [0.3, 0.4) is 0 Å². The Morgan fingerprint density at radius 1 is 1.33 bits per heavy atom. The predicted octanol–water partition coefficient (Wildman–Crippen LogP) is 3.48. The van der Waals surface area contributed by atoms with Gasteiger partial charge in [-0.2, -0.15) is 5.10 Å². The number of nitrogens with one attached hydrogen (secondary N) is 1. The van der Waals surface area contributed by atoms with Gasteiger partial charge in [-0.3, -0.25) is 5.10 Å². The molecule has 1 aliphatic heterocycles. The summed E-state index contributed by atoms with van der Waals surface area (Å²) in [4.78, 5) is 2.35. The lowest BCUT2D eigenvalue weighted by Gasteiger charge is -2.18. The standard InChI is InChI=1S/C19H27N3O2/c1-22(11-3-5-18-6-4-12-24-18)14-16-13-20-21-19(16)15-7-9-17(23-2)10-8-15/h7-10,13,18H,3-6,11-12,14H2,1-2H3,(H,20,21). The summed E-state index contributed by atoms with van der Waals surface area (Å²) in [5.41, 5.74) is 3.44. The van der Waals surface area contributed by atoms with Crippen molar-refractivity contribution in [2.24, 2.45) is 0 Å². The van der Waals surface area contributed by atoms with Crippen molar-refractivity contribution < 1.29 is 9.47 Å². The lowest BCUT2D eigenvalue weighted by molar-refractivity contribution is 0.0995. The second kappa shape index (κ2) is 8.31. The van der Waals surface area contributed by atoms with Crippen LogP contribution in [0.25, 0.3) is 11.3 Å². The van der Waals surface area contributed by atoms with Crippen LogP contribution in [0.2, 0.25) is 0 Å². The average Bonchev–Trinajstić information content (AvgIpc) is 3.27. The van der Waals surface area contributed by atoms with E-state index in [9.17, 15) is 0 Å². The minimum Gasteiger partial charge on any atom is -0.497 e. The van der Waals surface area contributed by atoms with Gasteiger partial charge in [-0.05, 0) is 63.5 Å². The molecule has 5 nitrogen and oxygen atoms in total. The van der Waals surface area contributed by atoms with E-state index in [1.54, 1.807) is 7.11 Å². The third-order valence-corrected chi connectivity index (χ3v) is 4.63. The number of rotatable bonds is 8. The molecule has 5 heteroatoms. The van der Waals surface area contributed by atoms with E-state index in [0.29, 0.717) is 6.10 Å². The maximum atomic E-state index is 5.69. The van der Waals surface area contributed by atoms with Crippen LogP contribution in [-0.2, 0) is 11.3 Å². The van der Waals surface area contributed by atoms with E-state index in [0.717, 1.165) is 36.7 Å². The fourth-order valence-corrected chi connectivity index (χ4v) is 3.27. The lowest BCUT2D eigenvalue weighted by Crippen LogP contribution is -2.20. The molecular weight excluding hydrogens is 302 g/mol. The monoisotopic (exact) mass is 329 g/mol. The Bertz CT molecular complexity index is 618. The van der Waals surface area contributed by atoms with Crippen molar-refractivity contribution >= 4 is 0 Å². The van der Waals surface area contributed by atoms with Gasteiger partial charge >= 0.3 is 0 Å². The summed E-state index contributed by atoms with van der Waals surface area (Å²) in [7, 11) is 3.85. The van der Waals surface area contributed by atoms with E-state index in [4.69, 9.17) is 9.47 Å². The van der Waals surface area contributed by atoms with Crippen molar-refractivity contribution in [2.45, 2.75) is 38.3 Å². The minimum absolute atomic E-state index is 0.488. The van der Waals surface area contributed by atoms with Crippen molar-refractivity contribution in [3.05, 3.63) is 36.0 Å². The second-order valence-corrected chi connectivity index (χ2v) is 6.51. The largest absolute Gasteiger partial charge is 0.497 e. The Morgan fingerprint density at radius 2 is 2.17 bits per heavy atom.